The Morgan fingerprint density at radius 2 is 1.75 bits per heavy atom. The minimum absolute atomic E-state index is 0.0911. The maximum absolute atomic E-state index is 12.2. The van der Waals surface area contributed by atoms with Gasteiger partial charge >= 0.3 is 0 Å². The van der Waals surface area contributed by atoms with E-state index in [0.29, 0.717) is 11.5 Å². The normalized spacial score (nSPS) is 10.7. The van der Waals surface area contributed by atoms with Crippen LogP contribution in [0, 0.1) is 6.92 Å². The van der Waals surface area contributed by atoms with Gasteiger partial charge in [0.25, 0.3) is 5.91 Å². The molecular weight excluding hydrogens is 314 g/mol. The number of hydrogen-bond donors (Lipinski definition) is 1. The second kappa shape index (κ2) is 6.23. The van der Waals surface area contributed by atoms with Crippen molar-refractivity contribution in [2.45, 2.75) is 26.7 Å². The van der Waals surface area contributed by atoms with Gasteiger partial charge in [-0.3, -0.25) is 4.79 Å². The SMILES string of the molecule is Cc1ccc(Br)c(NC(=O)c2ccc(C(C)C)cc2)c1. The van der Waals surface area contributed by atoms with Crippen LogP contribution in [0.2, 0.25) is 0 Å². The highest BCUT2D eigenvalue weighted by Gasteiger charge is 2.09. The van der Waals surface area contributed by atoms with Gasteiger partial charge in [-0.15, -0.1) is 0 Å². The first kappa shape index (κ1) is 14.8. The standard InChI is InChI=1S/C17H18BrNO/c1-11(2)13-5-7-14(8-6-13)17(20)19-16-10-12(3)4-9-15(16)18/h4-11H,1-3H3,(H,19,20). The van der Waals surface area contributed by atoms with Gasteiger partial charge in [0, 0.05) is 10.0 Å². The highest BCUT2D eigenvalue weighted by Crippen LogP contribution is 2.24. The van der Waals surface area contributed by atoms with Crippen molar-refractivity contribution in [1.29, 1.82) is 0 Å². The van der Waals surface area contributed by atoms with Gasteiger partial charge in [0.2, 0.25) is 0 Å². The first-order chi connectivity index (χ1) is 9.47. The zero-order valence-electron chi connectivity index (χ0n) is 11.9. The van der Waals surface area contributed by atoms with E-state index in [9.17, 15) is 4.79 Å². The van der Waals surface area contributed by atoms with Crippen molar-refractivity contribution in [2.24, 2.45) is 0 Å². The van der Waals surface area contributed by atoms with Crippen LogP contribution in [-0.2, 0) is 0 Å². The number of carbonyl (C=O) groups excluding carboxylic acids is 1. The largest absolute Gasteiger partial charge is 0.321 e. The van der Waals surface area contributed by atoms with Crippen molar-refractivity contribution in [2.75, 3.05) is 5.32 Å². The second-order valence-electron chi connectivity index (χ2n) is 5.21. The fourth-order valence-corrected chi connectivity index (χ4v) is 2.29. The second-order valence-corrected chi connectivity index (χ2v) is 6.07. The average Bonchev–Trinajstić information content (AvgIpc) is 2.43. The summed E-state index contributed by atoms with van der Waals surface area (Å²) in [6.45, 7) is 6.28. The predicted octanol–water partition coefficient (Wildman–Crippen LogP) is 5.13. The van der Waals surface area contributed by atoms with Crippen LogP contribution in [0.1, 0.15) is 41.3 Å². The molecule has 0 bridgehead atoms. The highest BCUT2D eigenvalue weighted by molar-refractivity contribution is 9.10. The van der Waals surface area contributed by atoms with Crippen molar-refractivity contribution in [1.82, 2.24) is 0 Å². The molecule has 2 rings (SSSR count). The highest BCUT2D eigenvalue weighted by atomic mass is 79.9. The molecule has 20 heavy (non-hydrogen) atoms. The summed E-state index contributed by atoms with van der Waals surface area (Å²) in [7, 11) is 0. The third-order valence-electron chi connectivity index (χ3n) is 3.21. The molecule has 0 fully saturated rings. The molecule has 0 aliphatic rings. The van der Waals surface area contributed by atoms with Crippen molar-refractivity contribution >= 4 is 27.5 Å². The maximum Gasteiger partial charge on any atom is 0.255 e. The molecule has 0 saturated carbocycles. The summed E-state index contributed by atoms with van der Waals surface area (Å²) in [4.78, 5) is 12.2. The van der Waals surface area contributed by atoms with Crippen LogP contribution in [0.3, 0.4) is 0 Å². The Balaban J connectivity index is 2.17. The molecule has 2 nitrogen and oxygen atoms in total. The molecule has 1 amide bonds. The third-order valence-corrected chi connectivity index (χ3v) is 3.90. The maximum atomic E-state index is 12.2. The van der Waals surface area contributed by atoms with E-state index in [1.54, 1.807) is 0 Å². The van der Waals surface area contributed by atoms with Gasteiger partial charge in [0.1, 0.15) is 0 Å². The van der Waals surface area contributed by atoms with Crippen LogP contribution in [-0.4, -0.2) is 5.91 Å². The fraction of sp³-hybridized carbons (Fsp3) is 0.235. The van der Waals surface area contributed by atoms with Crippen molar-refractivity contribution in [3.05, 3.63) is 63.6 Å². The van der Waals surface area contributed by atoms with Crippen LogP contribution in [0.5, 0.6) is 0 Å². The lowest BCUT2D eigenvalue weighted by molar-refractivity contribution is 0.102. The van der Waals surface area contributed by atoms with E-state index in [2.05, 4.69) is 35.1 Å². The van der Waals surface area contributed by atoms with Gasteiger partial charge in [0.15, 0.2) is 0 Å². The Bertz CT molecular complexity index is 617. The van der Waals surface area contributed by atoms with Gasteiger partial charge in [-0.25, -0.2) is 0 Å². The molecular formula is C17H18BrNO. The molecule has 0 aliphatic heterocycles. The van der Waals surface area contributed by atoms with Crippen molar-refractivity contribution < 1.29 is 4.79 Å². The summed E-state index contributed by atoms with van der Waals surface area (Å²) in [5.41, 5.74) is 3.81. The molecule has 0 spiro atoms. The molecule has 2 aromatic carbocycles. The van der Waals surface area contributed by atoms with Gasteiger partial charge in [-0.2, -0.15) is 0 Å². The first-order valence-corrected chi connectivity index (χ1v) is 7.44. The molecule has 104 valence electrons. The number of amides is 1. The monoisotopic (exact) mass is 331 g/mol. The van der Waals surface area contributed by atoms with Crippen LogP contribution in [0.4, 0.5) is 5.69 Å². The Morgan fingerprint density at radius 3 is 2.35 bits per heavy atom. The lowest BCUT2D eigenvalue weighted by atomic mass is 10.0. The third kappa shape index (κ3) is 3.48. The Hall–Kier alpha value is -1.61. The number of carbonyl (C=O) groups is 1. The minimum atomic E-state index is -0.0911. The van der Waals surface area contributed by atoms with Crippen LogP contribution in [0.15, 0.2) is 46.9 Å². The summed E-state index contributed by atoms with van der Waals surface area (Å²) >= 11 is 3.45. The molecule has 0 unspecified atom stereocenters. The average molecular weight is 332 g/mol. The Kier molecular flexibility index (Phi) is 4.61. The molecule has 3 heteroatoms. The minimum Gasteiger partial charge on any atom is -0.321 e. The number of rotatable bonds is 3. The van der Waals surface area contributed by atoms with E-state index in [0.717, 1.165) is 15.7 Å². The zero-order valence-corrected chi connectivity index (χ0v) is 13.5. The summed E-state index contributed by atoms with van der Waals surface area (Å²) in [6.07, 6.45) is 0. The smallest absolute Gasteiger partial charge is 0.255 e. The molecule has 0 saturated heterocycles. The number of aryl methyl sites for hydroxylation is 1. The number of benzene rings is 2. The summed E-state index contributed by atoms with van der Waals surface area (Å²) in [5, 5.41) is 2.93. The predicted molar refractivity (Wildman–Crippen MR) is 87.4 cm³/mol. The summed E-state index contributed by atoms with van der Waals surface area (Å²) in [5.74, 6) is 0.379. The number of anilines is 1. The molecule has 0 heterocycles. The number of hydrogen-bond acceptors (Lipinski definition) is 1. The van der Waals surface area contributed by atoms with Crippen molar-refractivity contribution in [3.63, 3.8) is 0 Å². The zero-order chi connectivity index (χ0) is 14.7. The fourth-order valence-electron chi connectivity index (χ4n) is 1.95. The molecule has 0 radical (unpaired) electrons. The van der Waals surface area contributed by atoms with E-state index in [4.69, 9.17) is 0 Å². The first-order valence-electron chi connectivity index (χ1n) is 6.65. The Labute approximate surface area is 128 Å². The molecule has 0 atom stereocenters. The molecule has 0 aromatic heterocycles. The quantitative estimate of drug-likeness (QED) is 0.829. The van der Waals surface area contributed by atoms with Gasteiger partial charge in [0.05, 0.1) is 5.69 Å². The van der Waals surface area contributed by atoms with Gasteiger partial charge in [-0.05, 0) is 64.2 Å². The van der Waals surface area contributed by atoms with Crippen LogP contribution < -0.4 is 5.32 Å². The van der Waals surface area contributed by atoms with Gasteiger partial charge in [-0.1, -0.05) is 32.0 Å². The lowest BCUT2D eigenvalue weighted by Gasteiger charge is -2.10. The lowest BCUT2D eigenvalue weighted by Crippen LogP contribution is -2.12. The van der Waals surface area contributed by atoms with Gasteiger partial charge < -0.3 is 5.32 Å². The summed E-state index contributed by atoms with van der Waals surface area (Å²) in [6, 6.07) is 13.6. The molecule has 0 aliphatic carbocycles. The van der Waals surface area contributed by atoms with E-state index < -0.39 is 0 Å². The Morgan fingerprint density at radius 1 is 1.10 bits per heavy atom. The number of halogens is 1. The van der Waals surface area contributed by atoms with Crippen LogP contribution >= 0.6 is 15.9 Å². The topological polar surface area (TPSA) is 29.1 Å². The van der Waals surface area contributed by atoms with Crippen molar-refractivity contribution in [3.8, 4) is 0 Å². The van der Waals surface area contributed by atoms with E-state index in [-0.39, 0.29) is 5.91 Å². The van der Waals surface area contributed by atoms with E-state index in [1.165, 1.54) is 5.56 Å². The molecule has 1 N–H and O–H groups in total. The molecule has 2 aromatic rings. The van der Waals surface area contributed by atoms with E-state index in [1.807, 2.05) is 49.4 Å². The summed E-state index contributed by atoms with van der Waals surface area (Å²) < 4.78 is 0.884. The van der Waals surface area contributed by atoms with Crippen LogP contribution in [0.25, 0.3) is 0 Å². The number of nitrogens with one attached hydrogen (secondary N) is 1. The van der Waals surface area contributed by atoms with E-state index >= 15 is 0 Å².